The summed E-state index contributed by atoms with van der Waals surface area (Å²) in [6.07, 6.45) is 2.10. The van der Waals surface area contributed by atoms with Crippen LogP contribution >= 0.6 is 0 Å². The second-order valence-corrected chi connectivity index (χ2v) is 7.07. The lowest BCUT2D eigenvalue weighted by Gasteiger charge is -2.36. The lowest BCUT2D eigenvalue weighted by atomic mass is 10.2. The van der Waals surface area contributed by atoms with E-state index in [0.717, 1.165) is 24.5 Å². The average molecular weight is 398 g/mol. The molecule has 0 unspecified atom stereocenters. The molecule has 154 valence electrons. The summed E-state index contributed by atoms with van der Waals surface area (Å²) < 4.78 is 10.4. The molecule has 1 aliphatic heterocycles. The number of hydrogen-bond acceptors (Lipinski definition) is 6. The van der Waals surface area contributed by atoms with E-state index in [1.54, 1.807) is 30.5 Å². The van der Waals surface area contributed by atoms with Crippen molar-refractivity contribution in [2.75, 3.05) is 30.4 Å². The zero-order valence-corrected chi connectivity index (χ0v) is 16.8. The van der Waals surface area contributed by atoms with Crippen LogP contribution in [0.5, 0.6) is 0 Å². The quantitative estimate of drug-likeness (QED) is 0.753. The third-order valence-electron chi connectivity index (χ3n) is 4.55. The van der Waals surface area contributed by atoms with Crippen LogP contribution in [0, 0.1) is 0 Å². The molecular formula is C21H26N4O4. The third kappa shape index (κ3) is 5.68. The number of hydrogen-bond donors (Lipinski definition) is 2. The fourth-order valence-electron chi connectivity index (χ4n) is 3.27. The number of nitrogens with one attached hydrogen (secondary N) is 2. The van der Waals surface area contributed by atoms with Crippen LogP contribution in [0.1, 0.15) is 29.8 Å². The Labute approximate surface area is 170 Å². The topological polar surface area (TPSA) is 92.8 Å². The van der Waals surface area contributed by atoms with Crippen LogP contribution in [0.3, 0.4) is 0 Å². The summed E-state index contributed by atoms with van der Waals surface area (Å²) in [4.78, 5) is 30.4. The summed E-state index contributed by atoms with van der Waals surface area (Å²) in [6.45, 7) is 6.07. The number of nitrogens with zero attached hydrogens (tertiary/aromatic N) is 2. The van der Waals surface area contributed by atoms with Crippen LogP contribution in [-0.4, -0.2) is 49.4 Å². The SMILES string of the molecule is COC(=O)c1cccc(NC(=O)NCc2ccc(N3C[C@@H](C)O[C@H](C)C3)nc2)c1. The summed E-state index contributed by atoms with van der Waals surface area (Å²) in [5, 5.41) is 5.49. The molecule has 2 atom stereocenters. The summed E-state index contributed by atoms with van der Waals surface area (Å²) in [5.74, 6) is 0.448. The van der Waals surface area contributed by atoms with Gasteiger partial charge in [-0.05, 0) is 43.7 Å². The molecule has 2 heterocycles. The lowest BCUT2D eigenvalue weighted by Crippen LogP contribution is -2.45. The van der Waals surface area contributed by atoms with E-state index in [2.05, 4.69) is 39.1 Å². The molecular weight excluding hydrogens is 372 g/mol. The van der Waals surface area contributed by atoms with Gasteiger partial charge in [-0.1, -0.05) is 12.1 Å². The van der Waals surface area contributed by atoms with Crippen LogP contribution < -0.4 is 15.5 Å². The fraction of sp³-hybridized carbons (Fsp3) is 0.381. The van der Waals surface area contributed by atoms with Crippen molar-refractivity contribution in [1.29, 1.82) is 0 Å². The first-order chi connectivity index (χ1) is 13.9. The second-order valence-electron chi connectivity index (χ2n) is 7.07. The average Bonchev–Trinajstić information content (AvgIpc) is 2.71. The predicted octanol–water partition coefficient (Wildman–Crippen LogP) is 2.80. The van der Waals surface area contributed by atoms with Crippen molar-refractivity contribution in [2.45, 2.75) is 32.6 Å². The number of urea groups is 1. The number of carbonyl (C=O) groups is 2. The number of benzene rings is 1. The van der Waals surface area contributed by atoms with Gasteiger partial charge in [0.25, 0.3) is 0 Å². The molecule has 0 bridgehead atoms. The predicted molar refractivity (Wildman–Crippen MR) is 110 cm³/mol. The van der Waals surface area contributed by atoms with Crippen molar-refractivity contribution >= 4 is 23.5 Å². The Hall–Kier alpha value is -3.13. The van der Waals surface area contributed by atoms with Gasteiger partial charge in [0, 0.05) is 31.5 Å². The van der Waals surface area contributed by atoms with E-state index in [9.17, 15) is 9.59 Å². The Kier molecular flexibility index (Phi) is 6.66. The first kappa shape index (κ1) is 20.6. The lowest BCUT2D eigenvalue weighted by molar-refractivity contribution is -0.00546. The van der Waals surface area contributed by atoms with E-state index < -0.39 is 5.97 Å². The number of morpholine rings is 1. The Bertz CT molecular complexity index is 846. The minimum atomic E-state index is -0.454. The zero-order valence-electron chi connectivity index (χ0n) is 16.8. The Morgan fingerprint density at radius 1 is 1.21 bits per heavy atom. The maximum absolute atomic E-state index is 12.1. The van der Waals surface area contributed by atoms with Crippen molar-refractivity contribution in [2.24, 2.45) is 0 Å². The van der Waals surface area contributed by atoms with Gasteiger partial charge in [0.2, 0.25) is 0 Å². The van der Waals surface area contributed by atoms with Crippen LogP contribution in [0.15, 0.2) is 42.6 Å². The van der Waals surface area contributed by atoms with Crippen LogP contribution in [-0.2, 0) is 16.0 Å². The highest BCUT2D eigenvalue weighted by atomic mass is 16.5. The smallest absolute Gasteiger partial charge is 0.337 e. The minimum absolute atomic E-state index is 0.170. The molecule has 8 heteroatoms. The Morgan fingerprint density at radius 3 is 2.62 bits per heavy atom. The van der Waals surface area contributed by atoms with Gasteiger partial charge in [0.05, 0.1) is 24.9 Å². The molecule has 29 heavy (non-hydrogen) atoms. The van der Waals surface area contributed by atoms with Gasteiger partial charge in [-0.25, -0.2) is 14.6 Å². The minimum Gasteiger partial charge on any atom is -0.465 e. The molecule has 1 saturated heterocycles. The molecule has 2 amide bonds. The maximum atomic E-state index is 12.1. The Balaban J connectivity index is 1.52. The first-order valence-corrected chi connectivity index (χ1v) is 9.53. The molecule has 0 spiro atoms. The zero-order chi connectivity index (χ0) is 20.8. The van der Waals surface area contributed by atoms with Gasteiger partial charge in [0.15, 0.2) is 0 Å². The van der Waals surface area contributed by atoms with Crippen LogP contribution in [0.2, 0.25) is 0 Å². The third-order valence-corrected chi connectivity index (χ3v) is 4.55. The summed E-state index contributed by atoms with van der Waals surface area (Å²) in [5.41, 5.74) is 1.77. The van der Waals surface area contributed by atoms with Crippen LogP contribution in [0.4, 0.5) is 16.3 Å². The molecule has 0 saturated carbocycles. The summed E-state index contributed by atoms with van der Waals surface area (Å²) in [6, 6.07) is 10.1. The molecule has 3 rings (SSSR count). The van der Waals surface area contributed by atoms with Crippen molar-refractivity contribution in [1.82, 2.24) is 10.3 Å². The molecule has 0 radical (unpaired) electrons. The van der Waals surface area contributed by atoms with Crippen molar-refractivity contribution in [3.05, 3.63) is 53.7 Å². The fourth-order valence-corrected chi connectivity index (χ4v) is 3.27. The molecule has 2 aromatic rings. The molecule has 1 fully saturated rings. The second kappa shape index (κ2) is 9.38. The summed E-state index contributed by atoms with van der Waals surface area (Å²) >= 11 is 0. The number of carbonyl (C=O) groups excluding carboxylic acids is 2. The number of aromatic nitrogens is 1. The molecule has 1 aromatic carbocycles. The molecule has 0 aliphatic carbocycles. The van der Waals surface area contributed by atoms with Crippen LogP contribution in [0.25, 0.3) is 0 Å². The highest BCUT2D eigenvalue weighted by Gasteiger charge is 2.22. The van der Waals surface area contributed by atoms with E-state index in [0.29, 0.717) is 17.8 Å². The number of rotatable bonds is 5. The molecule has 1 aliphatic rings. The maximum Gasteiger partial charge on any atom is 0.337 e. The van der Waals surface area contributed by atoms with Gasteiger partial charge in [-0.15, -0.1) is 0 Å². The monoisotopic (exact) mass is 398 g/mol. The van der Waals surface area contributed by atoms with E-state index in [1.807, 2.05) is 12.1 Å². The van der Waals surface area contributed by atoms with E-state index in [1.165, 1.54) is 7.11 Å². The van der Waals surface area contributed by atoms with Crippen molar-refractivity contribution in [3.8, 4) is 0 Å². The highest BCUT2D eigenvalue weighted by molar-refractivity contribution is 5.93. The first-order valence-electron chi connectivity index (χ1n) is 9.53. The Morgan fingerprint density at radius 2 is 1.97 bits per heavy atom. The van der Waals surface area contributed by atoms with Crippen molar-refractivity contribution < 1.29 is 19.1 Å². The van der Waals surface area contributed by atoms with E-state index >= 15 is 0 Å². The molecule has 8 nitrogen and oxygen atoms in total. The standard InChI is InChI=1S/C21H26N4O4/c1-14-12-25(13-15(2)29-14)19-8-7-16(10-22-19)11-23-21(27)24-18-6-4-5-17(9-18)20(26)28-3/h4-10,14-15H,11-13H2,1-3H3,(H2,23,24,27)/t14-,15-/m1/s1. The molecule has 1 aromatic heterocycles. The normalized spacial score (nSPS) is 18.8. The van der Waals surface area contributed by atoms with Gasteiger partial charge in [0.1, 0.15) is 5.82 Å². The highest BCUT2D eigenvalue weighted by Crippen LogP contribution is 2.18. The number of ether oxygens (including phenoxy) is 2. The van der Waals surface area contributed by atoms with Gasteiger partial charge in [-0.2, -0.15) is 0 Å². The number of anilines is 2. The van der Waals surface area contributed by atoms with Gasteiger partial charge in [-0.3, -0.25) is 0 Å². The number of methoxy groups -OCH3 is 1. The number of amides is 2. The number of pyridine rings is 1. The number of esters is 1. The molecule has 2 N–H and O–H groups in total. The van der Waals surface area contributed by atoms with Gasteiger partial charge < -0.3 is 25.0 Å². The van der Waals surface area contributed by atoms with E-state index in [-0.39, 0.29) is 18.2 Å². The largest absolute Gasteiger partial charge is 0.465 e. The summed E-state index contributed by atoms with van der Waals surface area (Å²) in [7, 11) is 1.31. The van der Waals surface area contributed by atoms with Gasteiger partial charge >= 0.3 is 12.0 Å². The van der Waals surface area contributed by atoms with E-state index in [4.69, 9.17) is 4.74 Å². The van der Waals surface area contributed by atoms with Crippen molar-refractivity contribution in [3.63, 3.8) is 0 Å².